The molecular weight excluding hydrogens is 504 g/mol. The highest BCUT2D eigenvalue weighted by Crippen LogP contribution is 2.40. The number of carboxylic acids is 1. The number of fused-ring (bicyclic) bond motifs is 3. The number of nitrogens with two attached hydrogens (primary N) is 1. The summed E-state index contributed by atoms with van der Waals surface area (Å²) in [6, 6.07) is 10.7. The summed E-state index contributed by atoms with van der Waals surface area (Å²) in [5, 5.41) is 10.0. The average Bonchev–Trinajstić information content (AvgIpc) is 3.16. The molecule has 0 atom stereocenters. The summed E-state index contributed by atoms with van der Waals surface area (Å²) in [4.78, 5) is 23.6. The second kappa shape index (κ2) is 10.7. The molecule has 0 unspecified atom stereocenters. The summed E-state index contributed by atoms with van der Waals surface area (Å²) in [6.45, 7) is 1.28. The normalized spacial score (nSPS) is 11.8. The Balaban J connectivity index is 1.98. The van der Waals surface area contributed by atoms with Crippen LogP contribution in [0.5, 0.6) is 5.75 Å². The van der Waals surface area contributed by atoms with Crippen LogP contribution in [0.15, 0.2) is 48.5 Å². The van der Waals surface area contributed by atoms with Crippen LogP contribution in [0.4, 0.5) is 17.6 Å². The molecule has 0 saturated carbocycles. The molecule has 6 nitrogen and oxygen atoms in total. The molecule has 0 spiro atoms. The van der Waals surface area contributed by atoms with E-state index >= 15 is 0 Å². The Labute approximate surface area is 215 Å². The lowest BCUT2D eigenvalue weighted by Gasteiger charge is -2.13. The summed E-state index contributed by atoms with van der Waals surface area (Å²) >= 11 is 0. The molecule has 4 rings (SSSR count). The van der Waals surface area contributed by atoms with Crippen molar-refractivity contribution in [2.24, 2.45) is 5.73 Å². The Bertz CT molecular complexity index is 1530. The Morgan fingerprint density at radius 3 is 2.42 bits per heavy atom. The first-order chi connectivity index (χ1) is 18.0. The highest BCUT2D eigenvalue weighted by molar-refractivity contribution is 6.20. The number of primary amides is 1. The zero-order valence-electron chi connectivity index (χ0n) is 20.6. The summed E-state index contributed by atoms with van der Waals surface area (Å²) in [5.41, 5.74) is 6.53. The minimum Gasteiger partial charge on any atom is -0.481 e. The zero-order chi connectivity index (χ0) is 27.6. The zero-order valence-corrected chi connectivity index (χ0v) is 20.6. The fraction of sp³-hybridized carbons (Fsp3) is 0.286. The maximum atomic E-state index is 14.9. The van der Waals surface area contributed by atoms with Crippen molar-refractivity contribution in [3.63, 3.8) is 0 Å². The topological polar surface area (TPSA) is 94.6 Å². The van der Waals surface area contributed by atoms with Gasteiger partial charge in [0.15, 0.2) is 6.61 Å². The van der Waals surface area contributed by atoms with Gasteiger partial charge < -0.3 is 20.1 Å². The van der Waals surface area contributed by atoms with Gasteiger partial charge >= 0.3 is 12.1 Å². The van der Waals surface area contributed by atoms with Crippen LogP contribution in [0.1, 0.15) is 53.2 Å². The number of halogens is 4. The molecule has 0 aliphatic rings. The Kier molecular flexibility index (Phi) is 7.61. The Hall–Kier alpha value is -4.08. The summed E-state index contributed by atoms with van der Waals surface area (Å²) in [7, 11) is 0. The van der Waals surface area contributed by atoms with Crippen LogP contribution < -0.4 is 10.5 Å². The molecule has 0 bridgehead atoms. The molecular formula is C28H26F4N2O4. The molecule has 1 amide bonds. The van der Waals surface area contributed by atoms with E-state index < -0.39 is 36.0 Å². The molecule has 1 heterocycles. The van der Waals surface area contributed by atoms with Gasteiger partial charge in [0.25, 0.3) is 0 Å². The van der Waals surface area contributed by atoms with Crippen LogP contribution in [0.3, 0.4) is 0 Å². The molecule has 0 fully saturated rings. The number of aryl methyl sites for hydroxylation is 1. The van der Waals surface area contributed by atoms with Crippen molar-refractivity contribution in [1.29, 1.82) is 0 Å². The van der Waals surface area contributed by atoms with Gasteiger partial charge in [-0.25, -0.2) is 9.18 Å². The van der Waals surface area contributed by atoms with E-state index in [4.69, 9.17) is 10.5 Å². The number of carbonyl (C=O) groups excluding carboxylic acids is 1. The van der Waals surface area contributed by atoms with E-state index in [2.05, 4.69) is 6.92 Å². The highest BCUT2D eigenvalue weighted by atomic mass is 19.4. The van der Waals surface area contributed by atoms with E-state index in [9.17, 15) is 32.3 Å². The van der Waals surface area contributed by atoms with Crippen LogP contribution in [-0.4, -0.2) is 28.2 Å². The quantitative estimate of drug-likeness (QED) is 0.186. The number of hydrogen-bond donors (Lipinski definition) is 2. The summed E-state index contributed by atoms with van der Waals surface area (Å²) < 4.78 is 61.5. The lowest BCUT2D eigenvalue weighted by molar-refractivity contribution is -0.139. The van der Waals surface area contributed by atoms with Crippen molar-refractivity contribution in [2.45, 2.75) is 45.3 Å². The molecule has 38 heavy (non-hydrogen) atoms. The smallest absolute Gasteiger partial charge is 0.416 e. The van der Waals surface area contributed by atoms with Crippen LogP contribution >= 0.6 is 0 Å². The Morgan fingerprint density at radius 2 is 1.79 bits per heavy atom. The fourth-order valence-corrected chi connectivity index (χ4v) is 4.65. The number of hydrogen-bond acceptors (Lipinski definition) is 3. The number of alkyl halides is 3. The maximum absolute atomic E-state index is 14.9. The molecule has 3 aromatic carbocycles. The fourth-order valence-electron chi connectivity index (χ4n) is 4.65. The van der Waals surface area contributed by atoms with Gasteiger partial charge in [0.1, 0.15) is 11.6 Å². The number of ether oxygens (including phenoxy) is 1. The van der Waals surface area contributed by atoms with Gasteiger partial charge in [-0.1, -0.05) is 31.9 Å². The molecule has 4 aromatic rings. The van der Waals surface area contributed by atoms with E-state index in [-0.39, 0.29) is 23.4 Å². The number of rotatable bonds is 10. The van der Waals surface area contributed by atoms with Crippen LogP contribution in [-0.2, 0) is 23.9 Å². The summed E-state index contributed by atoms with van der Waals surface area (Å²) in [5.74, 6) is -2.73. The number of aromatic nitrogens is 1. The minimum atomic E-state index is -4.69. The van der Waals surface area contributed by atoms with Crippen LogP contribution in [0, 0.1) is 5.82 Å². The van der Waals surface area contributed by atoms with Gasteiger partial charge in [-0.15, -0.1) is 0 Å². The first-order valence-corrected chi connectivity index (χ1v) is 12.1. The van der Waals surface area contributed by atoms with Gasteiger partial charge in [-0.05, 0) is 54.8 Å². The monoisotopic (exact) mass is 530 g/mol. The van der Waals surface area contributed by atoms with E-state index in [0.717, 1.165) is 37.0 Å². The lowest BCUT2D eigenvalue weighted by Crippen LogP contribution is -2.12. The Morgan fingerprint density at radius 1 is 1.03 bits per heavy atom. The standard InChI is InChI=1S/C28H26F4N2O4/c1-2-3-4-6-16-11-22-26(23(12-16)38-15-24(35)36)25-19(27(33)37)7-5-8-21(25)34(22)14-17-9-10-18(13-20(17)29)28(30,31)32/h5,7-13H,2-4,6,14-15H2,1H3,(H2,33,37)(H,35,36). The van der Waals surface area contributed by atoms with Crippen molar-refractivity contribution in [2.75, 3.05) is 6.61 Å². The van der Waals surface area contributed by atoms with E-state index in [1.165, 1.54) is 6.07 Å². The largest absolute Gasteiger partial charge is 0.481 e. The molecule has 3 N–H and O–H groups in total. The van der Waals surface area contributed by atoms with E-state index in [0.29, 0.717) is 34.3 Å². The van der Waals surface area contributed by atoms with Crippen molar-refractivity contribution < 1.29 is 37.0 Å². The highest BCUT2D eigenvalue weighted by Gasteiger charge is 2.31. The number of carboxylic acid groups (broad SMARTS) is 1. The third-order valence-corrected chi connectivity index (χ3v) is 6.41. The molecule has 0 saturated heterocycles. The van der Waals surface area contributed by atoms with Gasteiger partial charge in [0.2, 0.25) is 5.91 Å². The molecule has 0 radical (unpaired) electrons. The second-order valence-corrected chi connectivity index (χ2v) is 9.08. The minimum absolute atomic E-state index is 0.00525. The van der Waals surface area contributed by atoms with Crippen LogP contribution in [0.25, 0.3) is 21.8 Å². The second-order valence-electron chi connectivity index (χ2n) is 9.08. The number of unbranched alkanes of at least 4 members (excludes halogenated alkanes) is 2. The predicted molar refractivity (Wildman–Crippen MR) is 135 cm³/mol. The van der Waals surface area contributed by atoms with Gasteiger partial charge in [0.05, 0.1) is 28.5 Å². The predicted octanol–water partition coefficient (Wildman–Crippen LogP) is 6.30. The number of amides is 1. The van der Waals surface area contributed by atoms with Gasteiger partial charge in [-0.3, -0.25) is 4.79 Å². The van der Waals surface area contributed by atoms with Crippen molar-refractivity contribution >= 4 is 33.7 Å². The van der Waals surface area contributed by atoms with Crippen molar-refractivity contribution in [3.05, 3.63) is 76.6 Å². The van der Waals surface area contributed by atoms with Crippen molar-refractivity contribution in [3.8, 4) is 5.75 Å². The molecule has 200 valence electrons. The lowest BCUT2D eigenvalue weighted by atomic mass is 10.0. The molecule has 1 aromatic heterocycles. The molecule has 0 aliphatic carbocycles. The maximum Gasteiger partial charge on any atom is 0.416 e. The number of benzene rings is 3. The van der Waals surface area contributed by atoms with E-state index in [1.54, 1.807) is 22.8 Å². The molecule has 10 heteroatoms. The van der Waals surface area contributed by atoms with E-state index in [1.807, 2.05) is 6.07 Å². The molecule has 0 aliphatic heterocycles. The van der Waals surface area contributed by atoms with Crippen LogP contribution in [0.2, 0.25) is 0 Å². The van der Waals surface area contributed by atoms with Gasteiger partial charge in [0, 0.05) is 16.5 Å². The first kappa shape index (κ1) is 27.0. The van der Waals surface area contributed by atoms with Gasteiger partial charge in [-0.2, -0.15) is 13.2 Å². The number of carbonyl (C=O) groups is 2. The third-order valence-electron chi connectivity index (χ3n) is 6.41. The average molecular weight is 531 g/mol. The first-order valence-electron chi connectivity index (χ1n) is 12.1. The SMILES string of the molecule is CCCCCc1cc(OCC(=O)O)c2c3c(C(N)=O)cccc3n(Cc3ccc(C(F)(F)F)cc3F)c2c1. The number of aliphatic carboxylic acids is 1. The summed E-state index contributed by atoms with van der Waals surface area (Å²) in [6.07, 6.45) is -1.21. The number of nitrogens with zero attached hydrogens (tertiary/aromatic N) is 1. The third kappa shape index (κ3) is 5.44. The van der Waals surface area contributed by atoms with Crippen molar-refractivity contribution in [1.82, 2.24) is 4.57 Å².